The Morgan fingerprint density at radius 2 is 2.07 bits per heavy atom. The van der Waals surface area contributed by atoms with Crippen molar-refractivity contribution in [3.05, 3.63) is 35.9 Å². The van der Waals surface area contributed by atoms with Crippen molar-refractivity contribution in [1.29, 1.82) is 0 Å². The van der Waals surface area contributed by atoms with E-state index in [1.807, 2.05) is 18.2 Å². The molecule has 2 unspecified atom stereocenters. The average Bonchev–Trinajstić information content (AvgIpc) is 2.90. The Kier molecular flexibility index (Phi) is 2.80. The SMILES string of the molecule is OC1(CCCCl)CC1c1ccccc1. The first-order chi connectivity index (χ1) is 6.76. The van der Waals surface area contributed by atoms with Gasteiger partial charge in [0.1, 0.15) is 0 Å². The van der Waals surface area contributed by atoms with Crippen LogP contribution in [0.15, 0.2) is 30.3 Å². The molecule has 14 heavy (non-hydrogen) atoms. The lowest BCUT2D eigenvalue weighted by molar-refractivity contribution is 0.132. The summed E-state index contributed by atoms with van der Waals surface area (Å²) in [5, 5.41) is 10.1. The summed E-state index contributed by atoms with van der Waals surface area (Å²) in [7, 11) is 0. The Hall–Kier alpha value is -0.530. The molecule has 0 bridgehead atoms. The van der Waals surface area contributed by atoms with Crippen LogP contribution in [0.3, 0.4) is 0 Å². The average molecular weight is 211 g/mol. The summed E-state index contributed by atoms with van der Waals surface area (Å²) in [6.07, 6.45) is 2.63. The molecule has 1 N–H and O–H groups in total. The van der Waals surface area contributed by atoms with Crippen molar-refractivity contribution in [2.24, 2.45) is 0 Å². The van der Waals surface area contributed by atoms with Crippen LogP contribution in [-0.2, 0) is 0 Å². The Morgan fingerprint density at radius 3 is 2.71 bits per heavy atom. The standard InChI is InChI=1S/C12H15ClO/c13-8-4-7-12(14)9-11(12)10-5-2-1-3-6-10/h1-3,5-6,11,14H,4,7-9H2. The summed E-state index contributed by atoms with van der Waals surface area (Å²) in [6.45, 7) is 0. The number of alkyl halides is 1. The Balaban J connectivity index is 1.98. The maximum atomic E-state index is 10.1. The molecule has 76 valence electrons. The highest BCUT2D eigenvalue weighted by molar-refractivity contribution is 6.17. The quantitative estimate of drug-likeness (QED) is 0.758. The molecule has 0 aliphatic heterocycles. The third kappa shape index (κ3) is 1.94. The minimum absolute atomic E-state index is 0.340. The van der Waals surface area contributed by atoms with Crippen molar-refractivity contribution >= 4 is 11.6 Å². The van der Waals surface area contributed by atoms with Crippen LogP contribution in [0, 0.1) is 0 Å². The van der Waals surface area contributed by atoms with Gasteiger partial charge >= 0.3 is 0 Å². The lowest BCUT2D eigenvalue weighted by Crippen LogP contribution is -2.10. The van der Waals surface area contributed by atoms with Crippen LogP contribution < -0.4 is 0 Å². The maximum Gasteiger partial charge on any atom is 0.0724 e. The van der Waals surface area contributed by atoms with E-state index in [1.165, 1.54) is 5.56 Å². The first kappa shape index (κ1) is 10.0. The highest BCUT2D eigenvalue weighted by atomic mass is 35.5. The molecule has 0 heterocycles. The lowest BCUT2D eigenvalue weighted by Gasteiger charge is -2.08. The molecule has 2 heteroatoms. The number of hydrogen-bond donors (Lipinski definition) is 1. The molecule has 0 aromatic heterocycles. The third-order valence-electron chi connectivity index (χ3n) is 2.99. The van der Waals surface area contributed by atoms with Gasteiger partial charge in [-0.3, -0.25) is 0 Å². The van der Waals surface area contributed by atoms with E-state index in [9.17, 15) is 5.11 Å². The van der Waals surface area contributed by atoms with Crippen molar-refractivity contribution in [2.75, 3.05) is 5.88 Å². The maximum absolute atomic E-state index is 10.1. The minimum atomic E-state index is -0.462. The van der Waals surface area contributed by atoms with Gasteiger partial charge < -0.3 is 5.11 Å². The summed E-state index contributed by atoms with van der Waals surface area (Å²) >= 11 is 5.62. The lowest BCUT2D eigenvalue weighted by atomic mass is 10.1. The van der Waals surface area contributed by atoms with Crippen molar-refractivity contribution in [1.82, 2.24) is 0 Å². The van der Waals surface area contributed by atoms with Crippen LogP contribution in [0.2, 0.25) is 0 Å². The molecule has 0 amide bonds. The van der Waals surface area contributed by atoms with E-state index in [2.05, 4.69) is 12.1 Å². The topological polar surface area (TPSA) is 20.2 Å². The Labute approximate surface area is 89.7 Å². The molecule has 1 aliphatic carbocycles. The number of halogens is 1. The van der Waals surface area contributed by atoms with E-state index in [0.717, 1.165) is 19.3 Å². The monoisotopic (exact) mass is 210 g/mol. The Morgan fingerprint density at radius 1 is 1.36 bits per heavy atom. The normalized spacial score (nSPS) is 30.3. The van der Waals surface area contributed by atoms with Gasteiger partial charge in [-0.25, -0.2) is 0 Å². The highest BCUT2D eigenvalue weighted by Gasteiger charge is 2.52. The summed E-state index contributed by atoms with van der Waals surface area (Å²) in [5.74, 6) is 0.982. The first-order valence-corrected chi connectivity index (χ1v) is 5.63. The molecule has 2 atom stereocenters. The predicted octanol–water partition coefficient (Wildman–Crippen LogP) is 2.92. The fourth-order valence-corrected chi connectivity index (χ4v) is 2.19. The van der Waals surface area contributed by atoms with Crippen LogP contribution in [0.4, 0.5) is 0 Å². The molecule has 0 spiro atoms. The zero-order valence-corrected chi connectivity index (χ0v) is 8.87. The zero-order chi connectivity index (χ0) is 10.0. The van der Waals surface area contributed by atoms with Gasteiger partial charge in [0.15, 0.2) is 0 Å². The second kappa shape index (κ2) is 3.92. The summed E-state index contributed by atoms with van der Waals surface area (Å²) in [4.78, 5) is 0. The van der Waals surface area contributed by atoms with Gasteiger partial charge in [-0.2, -0.15) is 0 Å². The fraction of sp³-hybridized carbons (Fsp3) is 0.500. The molecule has 1 aromatic rings. The second-order valence-corrected chi connectivity index (χ2v) is 4.44. The van der Waals surface area contributed by atoms with Gasteiger partial charge in [0.05, 0.1) is 5.60 Å². The van der Waals surface area contributed by atoms with E-state index >= 15 is 0 Å². The van der Waals surface area contributed by atoms with Crippen LogP contribution in [-0.4, -0.2) is 16.6 Å². The largest absolute Gasteiger partial charge is 0.389 e. The summed E-state index contributed by atoms with van der Waals surface area (Å²) in [5.41, 5.74) is 0.792. The van der Waals surface area contributed by atoms with Crippen molar-refractivity contribution < 1.29 is 5.11 Å². The van der Waals surface area contributed by atoms with E-state index in [4.69, 9.17) is 11.6 Å². The van der Waals surface area contributed by atoms with Crippen molar-refractivity contribution in [3.8, 4) is 0 Å². The van der Waals surface area contributed by atoms with E-state index < -0.39 is 5.60 Å². The highest BCUT2D eigenvalue weighted by Crippen LogP contribution is 2.53. The molecule has 1 aliphatic rings. The van der Waals surface area contributed by atoms with Crippen LogP contribution >= 0.6 is 11.6 Å². The Bertz CT molecular complexity index is 298. The third-order valence-corrected chi connectivity index (χ3v) is 3.26. The van der Waals surface area contributed by atoms with Crippen molar-refractivity contribution in [2.45, 2.75) is 30.8 Å². The number of rotatable bonds is 4. The smallest absolute Gasteiger partial charge is 0.0724 e. The molecule has 1 saturated carbocycles. The van der Waals surface area contributed by atoms with E-state index in [-0.39, 0.29) is 0 Å². The molecular formula is C12H15ClO. The van der Waals surface area contributed by atoms with Gasteiger partial charge in [-0.05, 0) is 24.8 Å². The van der Waals surface area contributed by atoms with Gasteiger partial charge in [-0.1, -0.05) is 30.3 Å². The van der Waals surface area contributed by atoms with E-state index in [1.54, 1.807) is 0 Å². The predicted molar refractivity (Wildman–Crippen MR) is 58.7 cm³/mol. The van der Waals surface area contributed by atoms with Crippen LogP contribution in [0.25, 0.3) is 0 Å². The van der Waals surface area contributed by atoms with Crippen LogP contribution in [0.5, 0.6) is 0 Å². The first-order valence-electron chi connectivity index (χ1n) is 5.09. The fourth-order valence-electron chi connectivity index (χ4n) is 2.06. The van der Waals surface area contributed by atoms with Gasteiger partial charge in [0.2, 0.25) is 0 Å². The summed E-state index contributed by atoms with van der Waals surface area (Å²) in [6, 6.07) is 10.2. The number of aliphatic hydroxyl groups is 1. The molecule has 1 nitrogen and oxygen atoms in total. The van der Waals surface area contributed by atoms with Crippen LogP contribution in [0.1, 0.15) is 30.7 Å². The van der Waals surface area contributed by atoms with Crippen molar-refractivity contribution in [3.63, 3.8) is 0 Å². The second-order valence-electron chi connectivity index (χ2n) is 4.06. The van der Waals surface area contributed by atoms with E-state index in [0.29, 0.717) is 11.8 Å². The molecule has 0 radical (unpaired) electrons. The minimum Gasteiger partial charge on any atom is -0.389 e. The molecule has 1 aromatic carbocycles. The molecule has 2 rings (SSSR count). The van der Waals surface area contributed by atoms with Gasteiger partial charge in [0.25, 0.3) is 0 Å². The molecule has 1 fully saturated rings. The van der Waals surface area contributed by atoms with Gasteiger partial charge in [-0.15, -0.1) is 11.6 Å². The number of hydrogen-bond acceptors (Lipinski definition) is 1. The molecular weight excluding hydrogens is 196 g/mol. The number of benzene rings is 1. The summed E-state index contributed by atoms with van der Waals surface area (Å²) < 4.78 is 0. The van der Waals surface area contributed by atoms with Gasteiger partial charge in [0, 0.05) is 11.8 Å². The molecule has 0 saturated heterocycles. The zero-order valence-electron chi connectivity index (χ0n) is 8.12.